The van der Waals surface area contributed by atoms with E-state index in [1.165, 1.54) is 82.6 Å². The van der Waals surface area contributed by atoms with E-state index < -0.39 is 0 Å². The van der Waals surface area contributed by atoms with Gasteiger partial charge in [0, 0.05) is 43.7 Å². The van der Waals surface area contributed by atoms with Crippen LogP contribution in [0.2, 0.25) is 0 Å². The van der Waals surface area contributed by atoms with Gasteiger partial charge in [-0.05, 0) is 31.1 Å². The second-order valence-corrected chi connectivity index (χ2v) is 7.65. The van der Waals surface area contributed by atoms with E-state index in [1.54, 1.807) is 0 Å². The standard InChI is InChI=1S/C15H28N2S/c1-2-5-15(6-3-1)7-4-14(15)16-8-9-17-10-12-18-13-11-17/h14,16H,1-13H2. The number of hydrogen-bond donors (Lipinski definition) is 1. The summed E-state index contributed by atoms with van der Waals surface area (Å²) in [4.78, 5) is 2.63. The molecule has 1 N–H and O–H groups in total. The van der Waals surface area contributed by atoms with Gasteiger partial charge in [0.25, 0.3) is 0 Å². The van der Waals surface area contributed by atoms with Crippen LogP contribution < -0.4 is 5.32 Å². The summed E-state index contributed by atoms with van der Waals surface area (Å²) < 4.78 is 0. The van der Waals surface area contributed by atoms with Gasteiger partial charge in [-0.2, -0.15) is 11.8 Å². The predicted octanol–water partition coefficient (Wildman–Crippen LogP) is 2.74. The summed E-state index contributed by atoms with van der Waals surface area (Å²) in [5.41, 5.74) is 0.732. The maximum Gasteiger partial charge on any atom is 0.0124 e. The molecule has 0 bridgehead atoms. The van der Waals surface area contributed by atoms with Crippen molar-refractivity contribution in [2.24, 2.45) is 5.41 Å². The Kier molecular flexibility index (Phi) is 4.53. The van der Waals surface area contributed by atoms with Gasteiger partial charge < -0.3 is 10.2 Å². The smallest absolute Gasteiger partial charge is 0.0124 e. The molecule has 2 saturated carbocycles. The van der Waals surface area contributed by atoms with Crippen molar-refractivity contribution in [1.29, 1.82) is 0 Å². The summed E-state index contributed by atoms with van der Waals surface area (Å²) in [5.74, 6) is 2.68. The van der Waals surface area contributed by atoms with Crippen molar-refractivity contribution < 1.29 is 0 Å². The minimum Gasteiger partial charge on any atom is -0.312 e. The number of hydrogen-bond acceptors (Lipinski definition) is 3. The number of rotatable bonds is 4. The van der Waals surface area contributed by atoms with E-state index in [2.05, 4.69) is 22.0 Å². The topological polar surface area (TPSA) is 15.3 Å². The van der Waals surface area contributed by atoms with E-state index in [9.17, 15) is 0 Å². The molecule has 0 amide bonds. The third-order valence-corrected chi connectivity index (χ3v) is 6.38. The lowest BCUT2D eigenvalue weighted by molar-refractivity contribution is 0.0221. The fourth-order valence-corrected chi connectivity index (χ4v) is 5.07. The predicted molar refractivity (Wildman–Crippen MR) is 80.3 cm³/mol. The molecule has 104 valence electrons. The number of thioether (sulfide) groups is 1. The van der Waals surface area contributed by atoms with Crippen LogP contribution in [-0.2, 0) is 0 Å². The SMILES string of the molecule is C1CCC2(CC1)CCC2NCCN1CCSCC1. The zero-order valence-corrected chi connectivity index (χ0v) is 12.4. The number of nitrogens with zero attached hydrogens (tertiary/aromatic N) is 1. The summed E-state index contributed by atoms with van der Waals surface area (Å²) in [6, 6.07) is 0.858. The molecule has 0 aromatic carbocycles. The summed E-state index contributed by atoms with van der Waals surface area (Å²) in [7, 11) is 0. The molecule has 3 heteroatoms. The van der Waals surface area contributed by atoms with E-state index in [-0.39, 0.29) is 0 Å². The fourth-order valence-electron chi connectivity index (χ4n) is 4.09. The molecule has 2 nitrogen and oxygen atoms in total. The average molecular weight is 268 g/mol. The zero-order valence-electron chi connectivity index (χ0n) is 11.6. The second-order valence-electron chi connectivity index (χ2n) is 6.42. The Balaban J connectivity index is 1.37. The van der Waals surface area contributed by atoms with E-state index >= 15 is 0 Å². The van der Waals surface area contributed by atoms with Crippen LogP contribution in [0.1, 0.15) is 44.9 Å². The van der Waals surface area contributed by atoms with Crippen molar-refractivity contribution >= 4 is 11.8 Å². The molecule has 0 aromatic rings. The first-order chi connectivity index (χ1) is 8.89. The molecule has 1 unspecified atom stereocenters. The second kappa shape index (κ2) is 6.15. The lowest BCUT2D eigenvalue weighted by atomic mass is 9.57. The van der Waals surface area contributed by atoms with E-state index in [1.807, 2.05) is 0 Å². The van der Waals surface area contributed by atoms with E-state index in [0.29, 0.717) is 0 Å². The Labute approximate surface area is 116 Å². The highest BCUT2D eigenvalue weighted by Gasteiger charge is 2.46. The first kappa shape index (κ1) is 13.3. The van der Waals surface area contributed by atoms with Gasteiger partial charge in [0.1, 0.15) is 0 Å². The maximum atomic E-state index is 3.88. The monoisotopic (exact) mass is 268 g/mol. The molecular weight excluding hydrogens is 240 g/mol. The van der Waals surface area contributed by atoms with Crippen molar-refractivity contribution in [3.8, 4) is 0 Å². The van der Waals surface area contributed by atoms with Gasteiger partial charge in [-0.3, -0.25) is 0 Å². The third-order valence-electron chi connectivity index (χ3n) is 5.44. The van der Waals surface area contributed by atoms with E-state index in [0.717, 1.165) is 11.5 Å². The molecule has 3 fully saturated rings. The van der Waals surface area contributed by atoms with Crippen LogP contribution in [0.25, 0.3) is 0 Å². The Morgan fingerprint density at radius 3 is 2.50 bits per heavy atom. The van der Waals surface area contributed by atoms with Crippen LogP contribution in [0.4, 0.5) is 0 Å². The molecule has 1 saturated heterocycles. The van der Waals surface area contributed by atoms with Crippen molar-refractivity contribution in [2.45, 2.75) is 51.0 Å². The highest BCUT2D eigenvalue weighted by atomic mass is 32.2. The lowest BCUT2D eigenvalue weighted by Gasteiger charge is -2.52. The van der Waals surface area contributed by atoms with Crippen LogP contribution in [-0.4, -0.2) is 48.6 Å². The summed E-state index contributed by atoms with van der Waals surface area (Å²) in [6.07, 6.45) is 10.4. The third kappa shape index (κ3) is 2.88. The minimum absolute atomic E-state index is 0.732. The largest absolute Gasteiger partial charge is 0.312 e. The van der Waals surface area contributed by atoms with Crippen molar-refractivity contribution in [3.05, 3.63) is 0 Å². The molecule has 1 heterocycles. The van der Waals surface area contributed by atoms with Crippen molar-refractivity contribution in [2.75, 3.05) is 37.7 Å². The van der Waals surface area contributed by atoms with Crippen LogP contribution in [0.15, 0.2) is 0 Å². The lowest BCUT2D eigenvalue weighted by Crippen LogP contribution is -2.55. The molecule has 3 rings (SSSR count). The summed E-state index contributed by atoms with van der Waals surface area (Å²) in [6.45, 7) is 5.11. The molecule has 0 aromatic heterocycles. The van der Waals surface area contributed by atoms with Crippen molar-refractivity contribution in [1.82, 2.24) is 10.2 Å². The van der Waals surface area contributed by atoms with Gasteiger partial charge in [0.15, 0.2) is 0 Å². The molecule has 1 atom stereocenters. The average Bonchev–Trinajstić information content (AvgIpc) is 2.44. The Bertz CT molecular complexity index is 257. The molecule has 2 aliphatic carbocycles. The molecule has 3 aliphatic rings. The molecule has 1 spiro atoms. The van der Waals surface area contributed by atoms with Gasteiger partial charge in [-0.15, -0.1) is 0 Å². The van der Waals surface area contributed by atoms with Gasteiger partial charge in [-0.25, -0.2) is 0 Å². The molecule has 1 aliphatic heterocycles. The zero-order chi connectivity index (χ0) is 12.3. The van der Waals surface area contributed by atoms with Gasteiger partial charge in [-0.1, -0.05) is 19.3 Å². The fraction of sp³-hybridized carbons (Fsp3) is 1.00. The first-order valence-corrected chi connectivity index (χ1v) is 9.08. The van der Waals surface area contributed by atoms with Crippen LogP contribution in [0, 0.1) is 5.41 Å². The highest BCUT2D eigenvalue weighted by molar-refractivity contribution is 7.99. The van der Waals surface area contributed by atoms with Gasteiger partial charge >= 0.3 is 0 Å². The first-order valence-electron chi connectivity index (χ1n) is 7.93. The van der Waals surface area contributed by atoms with Gasteiger partial charge in [0.05, 0.1) is 0 Å². The minimum atomic E-state index is 0.732. The molecule has 18 heavy (non-hydrogen) atoms. The Morgan fingerprint density at radius 2 is 1.83 bits per heavy atom. The summed E-state index contributed by atoms with van der Waals surface area (Å²) >= 11 is 2.11. The molecule has 0 radical (unpaired) electrons. The normalized spacial score (nSPS) is 32.3. The van der Waals surface area contributed by atoms with Crippen LogP contribution in [0.3, 0.4) is 0 Å². The Morgan fingerprint density at radius 1 is 1.06 bits per heavy atom. The van der Waals surface area contributed by atoms with Crippen LogP contribution >= 0.6 is 11.8 Å². The van der Waals surface area contributed by atoms with E-state index in [4.69, 9.17) is 0 Å². The summed E-state index contributed by atoms with van der Waals surface area (Å²) in [5, 5.41) is 3.88. The molecular formula is C15H28N2S. The van der Waals surface area contributed by atoms with Gasteiger partial charge in [0.2, 0.25) is 0 Å². The van der Waals surface area contributed by atoms with Crippen molar-refractivity contribution in [3.63, 3.8) is 0 Å². The Hall–Kier alpha value is 0.270. The highest BCUT2D eigenvalue weighted by Crippen LogP contribution is 2.51. The quantitative estimate of drug-likeness (QED) is 0.844. The number of nitrogens with one attached hydrogen (secondary N) is 1. The maximum absolute atomic E-state index is 3.88. The van der Waals surface area contributed by atoms with Crippen LogP contribution in [0.5, 0.6) is 0 Å².